The quantitative estimate of drug-likeness (QED) is 0.184. The van der Waals surface area contributed by atoms with Crippen molar-refractivity contribution in [2.24, 2.45) is 16.8 Å². The van der Waals surface area contributed by atoms with E-state index in [9.17, 15) is 9.59 Å². The smallest absolute Gasteiger partial charge is 0.231 e. The Morgan fingerprint density at radius 3 is 2.43 bits per heavy atom. The van der Waals surface area contributed by atoms with Crippen molar-refractivity contribution in [3.8, 4) is 0 Å². The third-order valence-corrected chi connectivity index (χ3v) is 2.87. The molecule has 0 spiro atoms. The molecular formula is C14H20N4O3. The van der Waals surface area contributed by atoms with Gasteiger partial charge in [0.15, 0.2) is 5.84 Å². The van der Waals surface area contributed by atoms with Crippen LogP contribution >= 0.6 is 0 Å². The van der Waals surface area contributed by atoms with Crippen LogP contribution in [0, 0.1) is 5.92 Å². The van der Waals surface area contributed by atoms with Gasteiger partial charge in [-0.25, -0.2) is 0 Å². The minimum absolute atomic E-state index is 0.143. The molecular weight excluding hydrogens is 272 g/mol. The third kappa shape index (κ3) is 5.94. The van der Waals surface area contributed by atoms with Crippen molar-refractivity contribution in [1.29, 1.82) is 0 Å². The monoisotopic (exact) mass is 292 g/mol. The number of carbonyl (C=O) groups is 2. The van der Waals surface area contributed by atoms with Gasteiger partial charge < -0.3 is 21.6 Å². The van der Waals surface area contributed by atoms with Gasteiger partial charge in [-0.2, -0.15) is 0 Å². The van der Waals surface area contributed by atoms with Gasteiger partial charge in [0.1, 0.15) is 5.92 Å². The predicted octanol–water partition coefficient (Wildman–Crippen LogP) is -0.156. The average molecular weight is 292 g/mol. The zero-order valence-electron chi connectivity index (χ0n) is 11.9. The molecule has 0 aromatic heterocycles. The molecule has 114 valence electrons. The molecule has 1 atom stereocenters. The lowest BCUT2D eigenvalue weighted by Gasteiger charge is -2.15. The molecule has 0 radical (unpaired) electrons. The highest BCUT2D eigenvalue weighted by molar-refractivity contribution is 6.02. The summed E-state index contributed by atoms with van der Waals surface area (Å²) in [4.78, 5) is 22.8. The van der Waals surface area contributed by atoms with Crippen LogP contribution in [0.5, 0.6) is 0 Å². The van der Waals surface area contributed by atoms with Crippen molar-refractivity contribution >= 4 is 17.6 Å². The molecule has 2 amide bonds. The van der Waals surface area contributed by atoms with Gasteiger partial charge in [-0.1, -0.05) is 35.5 Å². The van der Waals surface area contributed by atoms with Crippen molar-refractivity contribution in [3.05, 3.63) is 35.9 Å². The molecule has 1 aromatic carbocycles. The van der Waals surface area contributed by atoms with E-state index in [4.69, 9.17) is 10.9 Å². The van der Waals surface area contributed by atoms with Crippen LogP contribution in [0.2, 0.25) is 0 Å². The van der Waals surface area contributed by atoms with E-state index in [1.54, 1.807) is 0 Å². The standard InChI is InChI=1S/C14H20N4O3/c1-10(19)16-7-8-17-14(20)12(13(15)18-21)9-11-5-3-2-4-6-11/h2-6,12,21H,7-9H2,1H3,(H2,15,18)(H,16,19)(H,17,20). The highest BCUT2D eigenvalue weighted by Gasteiger charge is 2.23. The molecule has 0 aliphatic carbocycles. The van der Waals surface area contributed by atoms with Crippen LogP contribution in [0.4, 0.5) is 0 Å². The Kier molecular flexibility index (Phi) is 6.73. The van der Waals surface area contributed by atoms with Gasteiger partial charge in [0.2, 0.25) is 11.8 Å². The minimum Gasteiger partial charge on any atom is -0.409 e. The van der Waals surface area contributed by atoms with Crippen LogP contribution in [-0.4, -0.2) is 35.9 Å². The number of benzene rings is 1. The first-order chi connectivity index (χ1) is 10.0. The Bertz CT molecular complexity index is 502. The van der Waals surface area contributed by atoms with Gasteiger partial charge in [0.05, 0.1) is 0 Å². The lowest BCUT2D eigenvalue weighted by molar-refractivity contribution is -0.123. The molecule has 1 rings (SSSR count). The van der Waals surface area contributed by atoms with E-state index in [0.29, 0.717) is 13.0 Å². The molecule has 0 saturated carbocycles. The maximum Gasteiger partial charge on any atom is 0.231 e. The minimum atomic E-state index is -0.755. The maximum atomic E-state index is 12.1. The Hall–Kier alpha value is -2.57. The van der Waals surface area contributed by atoms with E-state index in [0.717, 1.165) is 5.56 Å². The summed E-state index contributed by atoms with van der Waals surface area (Å²) in [6, 6.07) is 9.31. The largest absolute Gasteiger partial charge is 0.409 e. The van der Waals surface area contributed by atoms with Crippen molar-refractivity contribution in [1.82, 2.24) is 10.6 Å². The Morgan fingerprint density at radius 1 is 1.24 bits per heavy atom. The van der Waals surface area contributed by atoms with Crippen molar-refractivity contribution in [2.75, 3.05) is 13.1 Å². The van der Waals surface area contributed by atoms with Crippen LogP contribution in [0.25, 0.3) is 0 Å². The number of hydrogen-bond donors (Lipinski definition) is 4. The first kappa shape index (κ1) is 16.5. The van der Waals surface area contributed by atoms with Gasteiger partial charge in [0.25, 0.3) is 0 Å². The van der Waals surface area contributed by atoms with Gasteiger partial charge in [-0.15, -0.1) is 0 Å². The van der Waals surface area contributed by atoms with Crippen LogP contribution in [-0.2, 0) is 16.0 Å². The second kappa shape index (κ2) is 8.57. The second-order valence-corrected chi connectivity index (χ2v) is 4.54. The summed E-state index contributed by atoms with van der Waals surface area (Å²) in [5, 5.41) is 16.9. The molecule has 0 bridgehead atoms. The number of carbonyl (C=O) groups excluding carboxylic acids is 2. The molecule has 21 heavy (non-hydrogen) atoms. The molecule has 0 saturated heterocycles. The van der Waals surface area contributed by atoms with Gasteiger partial charge in [-0.3, -0.25) is 9.59 Å². The second-order valence-electron chi connectivity index (χ2n) is 4.54. The normalized spacial score (nSPS) is 12.5. The van der Waals surface area contributed by atoms with E-state index in [1.165, 1.54) is 6.92 Å². The van der Waals surface area contributed by atoms with Crippen LogP contribution in [0.1, 0.15) is 12.5 Å². The number of amides is 2. The van der Waals surface area contributed by atoms with Gasteiger partial charge in [0, 0.05) is 20.0 Å². The number of oxime groups is 1. The van der Waals surface area contributed by atoms with E-state index in [-0.39, 0.29) is 24.2 Å². The third-order valence-electron chi connectivity index (χ3n) is 2.87. The van der Waals surface area contributed by atoms with Crippen LogP contribution in [0.15, 0.2) is 35.5 Å². The molecule has 5 N–H and O–H groups in total. The number of rotatable bonds is 7. The Labute approximate surface area is 123 Å². The number of hydrogen-bond acceptors (Lipinski definition) is 4. The maximum absolute atomic E-state index is 12.1. The summed E-state index contributed by atoms with van der Waals surface area (Å²) in [5.74, 6) is -1.41. The Morgan fingerprint density at radius 2 is 1.86 bits per heavy atom. The number of nitrogens with two attached hydrogens (primary N) is 1. The SMILES string of the molecule is CC(=O)NCCNC(=O)C(Cc1ccccc1)C(N)=NO. The summed E-state index contributed by atoms with van der Waals surface area (Å²) in [6.45, 7) is 2.01. The first-order valence-corrected chi connectivity index (χ1v) is 6.58. The molecule has 1 aromatic rings. The zero-order valence-corrected chi connectivity index (χ0v) is 11.9. The molecule has 7 nitrogen and oxygen atoms in total. The molecule has 0 fully saturated rings. The van der Waals surface area contributed by atoms with Crippen molar-refractivity contribution in [2.45, 2.75) is 13.3 Å². The van der Waals surface area contributed by atoms with E-state index in [1.807, 2.05) is 30.3 Å². The zero-order chi connectivity index (χ0) is 15.7. The van der Waals surface area contributed by atoms with E-state index in [2.05, 4.69) is 15.8 Å². The fourth-order valence-electron chi connectivity index (χ4n) is 1.80. The molecule has 0 aliphatic rings. The predicted molar refractivity (Wildman–Crippen MR) is 78.7 cm³/mol. The molecule has 0 heterocycles. The summed E-state index contributed by atoms with van der Waals surface area (Å²) in [7, 11) is 0. The van der Waals surface area contributed by atoms with Crippen molar-refractivity contribution in [3.63, 3.8) is 0 Å². The summed E-state index contributed by atoms with van der Waals surface area (Å²) < 4.78 is 0. The number of nitrogens with one attached hydrogen (secondary N) is 2. The van der Waals surface area contributed by atoms with Gasteiger partial charge in [-0.05, 0) is 12.0 Å². The fourth-order valence-corrected chi connectivity index (χ4v) is 1.80. The highest BCUT2D eigenvalue weighted by Crippen LogP contribution is 2.09. The number of amidine groups is 1. The molecule has 0 aliphatic heterocycles. The Balaban J connectivity index is 2.61. The fraction of sp³-hybridized carbons (Fsp3) is 0.357. The van der Waals surface area contributed by atoms with E-state index >= 15 is 0 Å². The lowest BCUT2D eigenvalue weighted by atomic mass is 9.97. The summed E-state index contributed by atoms with van der Waals surface area (Å²) >= 11 is 0. The van der Waals surface area contributed by atoms with Crippen LogP contribution in [0.3, 0.4) is 0 Å². The van der Waals surface area contributed by atoms with E-state index < -0.39 is 5.92 Å². The lowest BCUT2D eigenvalue weighted by Crippen LogP contribution is -2.42. The summed E-state index contributed by atoms with van der Waals surface area (Å²) in [6.07, 6.45) is 0.336. The van der Waals surface area contributed by atoms with Crippen molar-refractivity contribution < 1.29 is 14.8 Å². The highest BCUT2D eigenvalue weighted by atomic mass is 16.4. The van der Waals surface area contributed by atoms with Crippen LogP contribution < -0.4 is 16.4 Å². The molecule has 7 heteroatoms. The average Bonchev–Trinajstić information content (AvgIpc) is 2.49. The number of nitrogens with zero attached hydrogens (tertiary/aromatic N) is 1. The first-order valence-electron chi connectivity index (χ1n) is 6.58. The van der Waals surface area contributed by atoms with Gasteiger partial charge >= 0.3 is 0 Å². The molecule has 1 unspecified atom stereocenters. The summed E-state index contributed by atoms with van der Waals surface area (Å²) in [5.41, 5.74) is 6.50. The topological polar surface area (TPSA) is 117 Å².